The molecule has 2 aromatic carbocycles. The Bertz CT molecular complexity index is 981. The summed E-state index contributed by atoms with van der Waals surface area (Å²) in [4.78, 5) is 32.0. The van der Waals surface area contributed by atoms with E-state index in [0.29, 0.717) is 32.5 Å². The van der Waals surface area contributed by atoms with Crippen molar-refractivity contribution in [2.75, 3.05) is 50.6 Å². The molecule has 3 atom stereocenters. The molecule has 196 valence electrons. The molecule has 0 aromatic heterocycles. The molecular formula is C29H42N4O3. The van der Waals surface area contributed by atoms with E-state index in [0.717, 1.165) is 36.2 Å². The topological polar surface area (TPSA) is 76.1 Å². The molecule has 0 radical (unpaired) electrons. The van der Waals surface area contributed by atoms with E-state index in [-0.39, 0.29) is 11.8 Å². The lowest BCUT2D eigenvalue weighted by Crippen LogP contribution is -2.51. The van der Waals surface area contributed by atoms with Gasteiger partial charge in [0.15, 0.2) is 0 Å². The highest BCUT2D eigenvalue weighted by atomic mass is 16.3. The minimum Gasteiger partial charge on any atom is -0.389 e. The van der Waals surface area contributed by atoms with Crippen LogP contribution in [0.25, 0.3) is 0 Å². The van der Waals surface area contributed by atoms with Crippen molar-refractivity contribution in [2.24, 2.45) is 5.92 Å². The van der Waals surface area contributed by atoms with Crippen LogP contribution in [0.5, 0.6) is 0 Å². The second-order valence-corrected chi connectivity index (χ2v) is 10.0. The molecule has 1 saturated heterocycles. The number of carbonyl (C=O) groups excluding carboxylic acids is 2. The number of amides is 2. The number of nitrogens with zero attached hydrogens (tertiary/aromatic N) is 3. The highest BCUT2D eigenvalue weighted by Gasteiger charge is 2.38. The maximum atomic E-state index is 13.2. The predicted octanol–water partition coefficient (Wildman–Crippen LogP) is 3.32. The number of aliphatic hydroxyl groups excluding tert-OH is 1. The Morgan fingerprint density at radius 1 is 1.08 bits per heavy atom. The average Bonchev–Trinajstić information content (AvgIpc) is 3.24. The third kappa shape index (κ3) is 7.47. The van der Waals surface area contributed by atoms with Crippen LogP contribution in [0.2, 0.25) is 0 Å². The molecule has 0 bridgehead atoms. The molecule has 7 nitrogen and oxygen atoms in total. The number of hydrogen-bond acceptors (Lipinski definition) is 5. The third-order valence-electron chi connectivity index (χ3n) is 6.98. The number of unbranched alkanes of at least 4 members (excludes halogenated alkanes) is 2. The summed E-state index contributed by atoms with van der Waals surface area (Å²) in [6.07, 6.45) is 3.34. The Labute approximate surface area is 216 Å². The molecule has 2 N–H and O–H groups in total. The van der Waals surface area contributed by atoms with E-state index < -0.39 is 18.1 Å². The number of aliphatic hydroxyl groups is 1. The van der Waals surface area contributed by atoms with Crippen molar-refractivity contribution in [3.63, 3.8) is 0 Å². The smallest absolute Gasteiger partial charge is 0.235 e. The molecule has 1 aliphatic rings. The summed E-state index contributed by atoms with van der Waals surface area (Å²) in [5, 5.41) is 14.3. The van der Waals surface area contributed by atoms with E-state index in [9.17, 15) is 14.7 Å². The van der Waals surface area contributed by atoms with Crippen molar-refractivity contribution < 1.29 is 14.7 Å². The summed E-state index contributed by atoms with van der Waals surface area (Å²) >= 11 is 0. The Balaban J connectivity index is 1.69. The van der Waals surface area contributed by atoms with Crippen LogP contribution in [0.4, 0.5) is 11.4 Å². The lowest BCUT2D eigenvalue weighted by atomic mass is 9.99. The summed E-state index contributed by atoms with van der Waals surface area (Å²) in [6.45, 7) is 3.81. The van der Waals surface area contributed by atoms with Crippen LogP contribution >= 0.6 is 0 Å². The van der Waals surface area contributed by atoms with Crippen molar-refractivity contribution in [1.29, 1.82) is 0 Å². The van der Waals surface area contributed by atoms with Gasteiger partial charge in [0.05, 0.1) is 12.1 Å². The maximum absolute atomic E-state index is 13.2. The number of hydrogen-bond donors (Lipinski definition) is 2. The van der Waals surface area contributed by atoms with Gasteiger partial charge in [-0.05, 0) is 43.0 Å². The van der Waals surface area contributed by atoms with Gasteiger partial charge in [-0.3, -0.25) is 9.59 Å². The second-order valence-electron chi connectivity index (χ2n) is 10.0. The molecule has 1 heterocycles. The van der Waals surface area contributed by atoms with Gasteiger partial charge in [0.1, 0.15) is 5.92 Å². The summed E-state index contributed by atoms with van der Waals surface area (Å²) in [7, 11) is 5.93. The molecule has 1 aliphatic heterocycles. The molecule has 36 heavy (non-hydrogen) atoms. The molecule has 0 saturated carbocycles. The normalized spacial score (nSPS) is 17.1. The van der Waals surface area contributed by atoms with Crippen LogP contribution in [0.15, 0.2) is 54.6 Å². The van der Waals surface area contributed by atoms with E-state index in [1.165, 1.54) is 0 Å². The van der Waals surface area contributed by atoms with Gasteiger partial charge in [0.2, 0.25) is 11.8 Å². The number of rotatable bonds is 13. The number of likely N-dealkylation sites (N-methyl/N-ethyl adjacent to an activating group) is 1. The van der Waals surface area contributed by atoms with Gasteiger partial charge in [0.25, 0.3) is 0 Å². The zero-order valence-corrected chi connectivity index (χ0v) is 22.2. The molecule has 3 rings (SSSR count). The van der Waals surface area contributed by atoms with E-state index in [4.69, 9.17) is 0 Å². The summed E-state index contributed by atoms with van der Waals surface area (Å²) in [5.41, 5.74) is 3.09. The molecule has 0 unspecified atom stereocenters. The van der Waals surface area contributed by atoms with Crippen molar-refractivity contribution >= 4 is 23.2 Å². The molecule has 0 spiro atoms. The Morgan fingerprint density at radius 3 is 2.50 bits per heavy atom. The van der Waals surface area contributed by atoms with Crippen LogP contribution in [0, 0.1) is 5.92 Å². The molecule has 7 heteroatoms. The minimum absolute atomic E-state index is 0.0887. The maximum Gasteiger partial charge on any atom is 0.235 e. The van der Waals surface area contributed by atoms with Crippen molar-refractivity contribution in [3.05, 3.63) is 60.2 Å². The number of anilines is 2. The van der Waals surface area contributed by atoms with Crippen molar-refractivity contribution in [2.45, 2.75) is 51.2 Å². The van der Waals surface area contributed by atoms with Gasteiger partial charge in [-0.25, -0.2) is 0 Å². The first-order valence-electron chi connectivity index (χ1n) is 13.1. The fourth-order valence-electron chi connectivity index (χ4n) is 4.71. The molecule has 0 aliphatic carbocycles. The van der Waals surface area contributed by atoms with E-state index >= 15 is 0 Å². The molecule has 2 aromatic rings. The third-order valence-corrected chi connectivity index (χ3v) is 6.98. The fourth-order valence-corrected chi connectivity index (χ4v) is 4.71. The molecular weight excluding hydrogens is 452 g/mol. The minimum atomic E-state index is -0.820. The first-order chi connectivity index (χ1) is 17.3. The van der Waals surface area contributed by atoms with E-state index in [2.05, 4.69) is 18.3 Å². The fraction of sp³-hybridized carbons (Fsp3) is 0.517. The van der Waals surface area contributed by atoms with Crippen LogP contribution in [-0.4, -0.2) is 74.7 Å². The lowest BCUT2D eigenvalue weighted by Gasteiger charge is -2.30. The molecule has 2 amide bonds. The van der Waals surface area contributed by atoms with Crippen molar-refractivity contribution in [3.8, 4) is 0 Å². The quantitative estimate of drug-likeness (QED) is 0.330. The van der Waals surface area contributed by atoms with Crippen LogP contribution in [-0.2, 0) is 16.0 Å². The summed E-state index contributed by atoms with van der Waals surface area (Å²) in [6, 6.07) is 17.4. The first kappa shape index (κ1) is 27.5. The number of nitrogens with one attached hydrogen (secondary N) is 1. The zero-order chi connectivity index (χ0) is 26.1. The Hall–Kier alpha value is -3.06. The number of carbonyl (C=O) groups is 2. The van der Waals surface area contributed by atoms with Crippen LogP contribution in [0.1, 0.15) is 38.2 Å². The summed E-state index contributed by atoms with van der Waals surface area (Å²) in [5.74, 6) is -1.05. The number of likely N-dealkylation sites (tertiary alicyclic amines) is 1. The van der Waals surface area contributed by atoms with Gasteiger partial charge in [-0.15, -0.1) is 0 Å². The zero-order valence-electron chi connectivity index (χ0n) is 22.2. The average molecular weight is 495 g/mol. The van der Waals surface area contributed by atoms with E-state index in [1.54, 1.807) is 0 Å². The highest BCUT2D eigenvalue weighted by Crippen LogP contribution is 2.22. The standard InChI is InChI=1S/C29H42N4O3/c1-5-6-10-17-33-18-16-25(29(33)36)28(35)30-26(19-22-12-8-7-9-13-22)27(34)21-32(4)24-15-11-14-23(20-24)31(2)3/h7-9,11-15,20,25-27,34H,5-6,10,16-19,21H2,1-4H3,(H,30,35)/t25-,26+,27-/m1/s1. The monoisotopic (exact) mass is 494 g/mol. The van der Waals surface area contributed by atoms with Crippen LogP contribution < -0.4 is 15.1 Å². The lowest BCUT2D eigenvalue weighted by molar-refractivity contribution is -0.138. The van der Waals surface area contributed by atoms with E-state index in [1.807, 2.05) is 84.4 Å². The Morgan fingerprint density at radius 2 is 1.81 bits per heavy atom. The van der Waals surface area contributed by atoms with Crippen LogP contribution in [0.3, 0.4) is 0 Å². The summed E-state index contributed by atoms with van der Waals surface area (Å²) < 4.78 is 0. The van der Waals surface area contributed by atoms with Gasteiger partial charge in [0, 0.05) is 52.2 Å². The second kappa shape index (κ2) is 13.3. The van der Waals surface area contributed by atoms with Crippen molar-refractivity contribution in [1.82, 2.24) is 10.2 Å². The molecule has 1 fully saturated rings. The van der Waals surface area contributed by atoms with Gasteiger partial charge >= 0.3 is 0 Å². The first-order valence-corrected chi connectivity index (χ1v) is 13.1. The SMILES string of the molecule is CCCCCN1CC[C@H](C(=O)N[C@@H](Cc2ccccc2)[C@H](O)CN(C)c2cccc(N(C)C)c2)C1=O. The highest BCUT2D eigenvalue weighted by molar-refractivity contribution is 6.01. The van der Waals surface area contributed by atoms with Gasteiger partial charge < -0.3 is 25.1 Å². The largest absolute Gasteiger partial charge is 0.389 e. The number of benzene rings is 2. The van der Waals surface area contributed by atoms with Gasteiger partial charge in [-0.2, -0.15) is 0 Å². The Kier molecular flexibility index (Phi) is 10.2. The predicted molar refractivity (Wildman–Crippen MR) is 146 cm³/mol. The van der Waals surface area contributed by atoms with Gasteiger partial charge in [-0.1, -0.05) is 56.2 Å².